The van der Waals surface area contributed by atoms with E-state index in [4.69, 9.17) is 6.42 Å². The minimum absolute atomic E-state index is 0.337. The summed E-state index contributed by atoms with van der Waals surface area (Å²) < 4.78 is 26.5. The van der Waals surface area contributed by atoms with Crippen molar-refractivity contribution in [1.29, 1.82) is 0 Å². The largest absolute Gasteiger partial charge is 0.240 e. The average molecular weight is 251 g/mol. The zero-order valence-electron chi connectivity index (χ0n) is 10.2. The smallest absolute Gasteiger partial charge is 0.211 e. The molecule has 0 aliphatic carbocycles. The lowest BCUT2D eigenvalue weighted by atomic mass is 10.2. The van der Waals surface area contributed by atoms with Gasteiger partial charge in [-0.3, -0.25) is 0 Å². The third-order valence-corrected chi connectivity index (χ3v) is 4.03. The molecule has 0 saturated carbocycles. The molecular formula is C13H17NO2S. The summed E-state index contributed by atoms with van der Waals surface area (Å²) in [5.74, 6) is 2.48. The molecule has 0 saturated heterocycles. The van der Waals surface area contributed by atoms with Crippen molar-refractivity contribution in [2.24, 2.45) is 0 Å². The number of hydrogen-bond acceptors (Lipinski definition) is 2. The normalized spacial score (nSPS) is 11.1. The van der Waals surface area contributed by atoms with Crippen LogP contribution in [0.5, 0.6) is 0 Å². The first-order valence-electron chi connectivity index (χ1n) is 5.48. The summed E-state index contributed by atoms with van der Waals surface area (Å²) in [6.07, 6.45) is 6.34. The van der Waals surface area contributed by atoms with E-state index in [-0.39, 0.29) is 0 Å². The average Bonchev–Trinajstić information content (AvgIpc) is 2.24. The molecule has 17 heavy (non-hydrogen) atoms. The minimum Gasteiger partial charge on any atom is -0.211 e. The van der Waals surface area contributed by atoms with Crippen LogP contribution >= 0.6 is 0 Å². The fourth-order valence-electron chi connectivity index (χ4n) is 1.58. The summed E-state index contributed by atoms with van der Waals surface area (Å²) in [6.45, 7) is 4.10. The molecule has 4 heteroatoms. The van der Waals surface area contributed by atoms with Crippen molar-refractivity contribution in [3.8, 4) is 12.3 Å². The molecular weight excluding hydrogens is 234 g/mol. The molecule has 1 aromatic rings. The molecule has 1 aromatic carbocycles. The Morgan fingerprint density at radius 3 is 2.65 bits per heavy atom. The van der Waals surface area contributed by atoms with Gasteiger partial charge in [0.2, 0.25) is 10.0 Å². The van der Waals surface area contributed by atoms with Crippen LogP contribution in [0.3, 0.4) is 0 Å². The molecule has 3 nitrogen and oxygen atoms in total. The van der Waals surface area contributed by atoms with Gasteiger partial charge in [0.1, 0.15) is 0 Å². The molecule has 1 N–H and O–H groups in total. The van der Waals surface area contributed by atoms with Crippen molar-refractivity contribution < 1.29 is 8.42 Å². The fraction of sp³-hybridized carbons (Fsp3) is 0.385. The Hall–Kier alpha value is -1.31. The molecule has 0 spiro atoms. The van der Waals surface area contributed by atoms with E-state index >= 15 is 0 Å². The molecule has 0 aromatic heterocycles. The Balaban J connectivity index is 2.80. The zero-order valence-corrected chi connectivity index (χ0v) is 11.0. The lowest BCUT2D eigenvalue weighted by Crippen LogP contribution is -2.25. The number of aryl methyl sites for hydroxylation is 2. The second-order valence-corrected chi connectivity index (χ2v) is 5.71. The summed E-state index contributed by atoms with van der Waals surface area (Å²) in [5.41, 5.74) is 1.81. The van der Waals surface area contributed by atoms with Crippen LogP contribution in [0.25, 0.3) is 0 Å². The van der Waals surface area contributed by atoms with Gasteiger partial charge >= 0.3 is 0 Å². The summed E-state index contributed by atoms with van der Waals surface area (Å²) >= 11 is 0. The van der Waals surface area contributed by atoms with Crippen molar-refractivity contribution in [2.75, 3.05) is 6.54 Å². The van der Waals surface area contributed by atoms with Gasteiger partial charge in [-0.2, -0.15) is 0 Å². The highest BCUT2D eigenvalue weighted by atomic mass is 32.2. The standard InChI is InChI=1S/C13H17NO2S/c1-4-5-6-9-14-17(15,16)13-8-7-11(2)10-12(13)3/h1,7-8,10,14H,5-6,9H2,2-3H3. The zero-order chi connectivity index (χ0) is 12.9. The van der Waals surface area contributed by atoms with Crippen LogP contribution in [0, 0.1) is 26.2 Å². The maximum atomic E-state index is 12.0. The molecule has 1 rings (SSSR count). The second kappa shape index (κ2) is 5.85. The molecule has 92 valence electrons. The quantitative estimate of drug-likeness (QED) is 0.642. The number of nitrogens with one attached hydrogen (secondary N) is 1. The Kier molecular flexibility index (Phi) is 4.73. The fourth-order valence-corrected chi connectivity index (χ4v) is 2.87. The van der Waals surface area contributed by atoms with Crippen molar-refractivity contribution >= 4 is 10.0 Å². The first-order valence-corrected chi connectivity index (χ1v) is 6.96. The van der Waals surface area contributed by atoms with Crippen molar-refractivity contribution in [1.82, 2.24) is 4.72 Å². The van der Waals surface area contributed by atoms with Gasteiger partial charge in [0.25, 0.3) is 0 Å². The van der Waals surface area contributed by atoms with E-state index in [1.165, 1.54) is 0 Å². The summed E-state index contributed by atoms with van der Waals surface area (Å²) in [6, 6.07) is 5.28. The highest BCUT2D eigenvalue weighted by molar-refractivity contribution is 7.89. The molecule has 0 amide bonds. The van der Waals surface area contributed by atoms with E-state index in [9.17, 15) is 8.42 Å². The van der Waals surface area contributed by atoms with Crippen LogP contribution in [-0.2, 0) is 10.0 Å². The van der Waals surface area contributed by atoms with Crippen molar-refractivity contribution in [3.05, 3.63) is 29.3 Å². The number of terminal acetylenes is 1. The predicted octanol–water partition coefficient (Wildman–Crippen LogP) is 2.00. The van der Waals surface area contributed by atoms with Crippen LogP contribution in [0.1, 0.15) is 24.0 Å². The molecule has 0 bridgehead atoms. The van der Waals surface area contributed by atoms with Gasteiger partial charge in [0, 0.05) is 13.0 Å². The first kappa shape index (κ1) is 13.8. The van der Waals surface area contributed by atoms with Crippen LogP contribution in [-0.4, -0.2) is 15.0 Å². The van der Waals surface area contributed by atoms with Crippen molar-refractivity contribution in [2.45, 2.75) is 31.6 Å². The topological polar surface area (TPSA) is 46.2 Å². The summed E-state index contributed by atoms with van der Waals surface area (Å²) in [4.78, 5) is 0.337. The van der Waals surface area contributed by atoms with Gasteiger partial charge in [-0.05, 0) is 31.9 Å². The molecule has 0 aliphatic heterocycles. The van der Waals surface area contributed by atoms with E-state index in [2.05, 4.69) is 10.6 Å². The van der Waals surface area contributed by atoms with Crippen LogP contribution in [0.4, 0.5) is 0 Å². The number of rotatable bonds is 5. The third kappa shape index (κ3) is 3.88. The van der Waals surface area contributed by atoms with Gasteiger partial charge < -0.3 is 0 Å². The Bertz CT molecular complexity index is 527. The highest BCUT2D eigenvalue weighted by Crippen LogP contribution is 2.16. The summed E-state index contributed by atoms with van der Waals surface area (Å²) in [7, 11) is -3.41. The Labute approximate surface area is 103 Å². The molecule has 0 atom stereocenters. The SMILES string of the molecule is C#CCCCNS(=O)(=O)c1ccc(C)cc1C. The van der Waals surface area contributed by atoms with E-state index in [0.29, 0.717) is 24.3 Å². The van der Waals surface area contributed by atoms with E-state index < -0.39 is 10.0 Å². The molecule has 0 fully saturated rings. The van der Waals surface area contributed by atoms with Gasteiger partial charge in [-0.1, -0.05) is 17.7 Å². The Morgan fingerprint density at radius 1 is 1.35 bits per heavy atom. The molecule has 0 radical (unpaired) electrons. The first-order chi connectivity index (χ1) is 7.97. The maximum Gasteiger partial charge on any atom is 0.240 e. The van der Waals surface area contributed by atoms with Crippen molar-refractivity contribution in [3.63, 3.8) is 0 Å². The van der Waals surface area contributed by atoms with E-state index in [1.807, 2.05) is 13.0 Å². The van der Waals surface area contributed by atoms with Gasteiger partial charge in [0.15, 0.2) is 0 Å². The van der Waals surface area contributed by atoms with Gasteiger partial charge in [0.05, 0.1) is 4.90 Å². The predicted molar refractivity (Wildman–Crippen MR) is 69.2 cm³/mol. The van der Waals surface area contributed by atoms with Crippen LogP contribution in [0.2, 0.25) is 0 Å². The molecule has 0 heterocycles. The van der Waals surface area contributed by atoms with Crippen LogP contribution in [0.15, 0.2) is 23.1 Å². The number of unbranched alkanes of at least 4 members (excludes halogenated alkanes) is 1. The number of benzene rings is 1. The molecule has 0 aliphatic rings. The summed E-state index contributed by atoms with van der Waals surface area (Å²) in [5, 5.41) is 0. The van der Waals surface area contributed by atoms with Gasteiger partial charge in [-0.25, -0.2) is 13.1 Å². The van der Waals surface area contributed by atoms with E-state index in [0.717, 1.165) is 11.1 Å². The van der Waals surface area contributed by atoms with E-state index in [1.54, 1.807) is 19.1 Å². The van der Waals surface area contributed by atoms with Crippen LogP contribution < -0.4 is 4.72 Å². The lowest BCUT2D eigenvalue weighted by Gasteiger charge is -2.09. The highest BCUT2D eigenvalue weighted by Gasteiger charge is 2.15. The second-order valence-electron chi connectivity index (χ2n) is 3.97. The third-order valence-electron chi connectivity index (χ3n) is 2.41. The van der Waals surface area contributed by atoms with Gasteiger partial charge in [-0.15, -0.1) is 12.3 Å². The maximum absolute atomic E-state index is 12.0. The molecule has 0 unspecified atom stereocenters. The number of hydrogen-bond donors (Lipinski definition) is 1. The Morgan fingerprint density at radius 2 is 2.06 bits per heavy atom. The number of sulfonamides is 1. The monoisotopic (exact) mass is 251 g/mol. The minimum atomic E-state index is -3.41. The lowest BCUT2D eigenvalue weighted by molar-refractivity contribution is 0.579.